The Morgan fingerprint density at radius 3 is 2.81 bits per heavy atom. The number of ketones is 1. The number of amides is 1. The minimum absolute atomic E-state index is 0. The number of halogens is 2. The lowest BCUT2D eigenvalue weighted by molar-refractivity contribution is -0.114. The maximum Gasteiger partial charge on any atom is 0.221 e. The normalized spacial score (nSPS) is 13.0. The highest BCUT2D eigenvalue weighted by atomic mass is 35.5. The molecule has 1 amide bonds. The number of thioether (sulfide) groups is 1. The van der Waals surface area contributed by atoms with Crippen molar-refractivity contribution in [1.29, 1.82) is 0 Å². The molecule has 2 N–H and O–H groups in total. The number of amidine groups is 1. The maximum atomic E-state index is 12.0. The van der Waals surface area contributed by atoms with Crippen molar-refractivity contribution < 1.29 is 9.59 Å². The molecule has 0 atom stereocenters. The third-order valence-electron chi connectivity index (χ3n) is 2.59. The van der Waals surface area contributed by atoms with Gasteiger partial charge in [-0.15, -0.1) is 12.4 Å². The van der Waals surface area contributed by atoms with E-state index in [1.54, 1.807) is 18.2 Å². The molecular weight excluding hydrogens is 333 g/mol. The van der Waals surface area contributed by atoms with Crippen molar-refractivity contribution in [2.75, 3.05) is 24.2 Å². The molecule has 0 bridgehead atoms. The Bertz CT molecular complexity index is 579. The summed E-state index contributed by atoms with van der Waals surface area (Å²) in [6.45, 7) is 2.99. The highest BCUT2D eigenvalue weighted by Crippen LogP contribution is 2.24. The van der Waals surface area contributed by atoms with E-state index < -0.39 is 0 Å². The van der Waals surface area contributed by atoms with Gasteiger partial charge in [-0.2, -0.15) is 0 Å². The average Bonchev–Trinajstić information content (AvgIpc) is 2.91. The Morgan fingerprint density at radius 1 is 1.48 bits per heavy atom. The molecule has 21 heavy (non-hydrogen) atoms. The molecule has 2 rings (SSSR count). The molecule has 1 aromatic rings. The zero-order chi connectivity index (χ0) is 14.5. The van der Waals surface area contributed by atoms with Gasteiger partial charge in [0.25, 0.3) is 0 Å². The Balaban J connectivity index is 0.00000220. The summed E-state index contributed by atoms with van der Waals surface area (Å²) in [5.74, 6) is 0.0799. The number of nitrogens with one attached hydrogen (secondary N) is 2. The number of anilines is 1. The van der Waals surface area contributed by atoms with Crippen molar-refractivity contribution in [1.82, 2.24) is 5.32 Å². The van der Waals surface area contributed by atoms with Crippen molar-refractivity contribution in [3.63, 3.8) is 0 Å². The van der Waals surface area contributed by atoms with E-state index in [0.29, 0.717) is 22.0 Å². The van der Waals surface area contributed by atoms with E-state index in [1.807, 2.05) is 0 Å². The van der Waals surface area contributed by atoms with Crippen molar-refractivity contribution in [2.24, 2.45) is 4.99 Å². The van der Waals surface area contributed by atoms with Gasteiger partial charge >= 0.3 is 0 Å². The lowest BCUT2D eigenvalue weighted by Gasteiger charge is -2.07. The molecule has 0 fully saturated rings. The zero-order valence-electron chi connectivity index (χ0n) is 11.3. The molecular formula is C13H15Cl2N3O2S. The number of nitrogens with zero attached hydrogens (tertiary/aromatic N) is 1. The van der Waals surface area contributed by atoms with Crippen LogP contribution in [0.4, 0.5) is 5.69 Å². The van der Waals surface area contributed by atoms with E-state index in [4.69, 9.17) is 11.6 Å². The molecule has 0 saturated carbocycles. The third-order valence-corrected chi connectivity index (χ3v) is 3.85. The van der Waals surface area contributed by atoms with Crippen LogP contribution >= 0.6 is 35.8 Å². The molecule has 1 aliphatic heterocycles. The Morgan fingerprint density at radius 2 is 2.24 bits per heavy atom. The van der Waals surface area contributed by atoms with E-state index in [9.17, 15) is 9.59 Å². The van der Waals surface area contributed by atoms with Crippen LogP contribution in [0.3, 0.4) is 0 Å². The van der Waals surface area contributed by atoms with Crippen LogP contribution in [0, 0.1) is 0 Å². The van der Waals surface area contributed by atoms with Gasteiger partial charge in [0.1, 0.15) is 0 Å². The van der Waals surface area contributed by atoms with Crippen molar-refractivity contribution in [2.45, 2.75) is 6.92 Å². The largest absolute Gasteiger partial charge is 0.363 e. The summed E-state index contributed by atoms with van der Waals surface area (Å²) < 4.78 is 0. The quantitative estimate of drug-likeness (QED) is 0.821. The molecule has 114 valence electrons. The van der Waals surface area contributed by atoms with Gasteiger partial charge in [0.2, 0.25) is 5.91 Å². The minimum atomic E-state index is -0.202. The van der Waals surface area contributed by atoms with Crippen molar-refractivity contribution >= 4 is 58.3 Å². The monoisotopic (exact) mass is 347 g/mol. The van der Waals surface area contributed by atoms with E-state index in [0.717, 1.165) is 18.3 Å². The average molecular weight is 348 g/mol. The minimum Gasteiger partial charge on any atom is -0.363 e. The van der Waals surface area contributed by atoms with Gasteiger partial charge in [-0.25, -0.2) is 0 Å². The van der Waals surface area contributed by atoms with Crippen LogP contribution in [0.15, 0.2) is 23.2 Å². The lowest BCUT2D eigenvalue weighted by atomic mass is 10.1. The predicted octanol–water partition coefficient (Wildman–Crippen LogP) is 2.60. The van der Waals surface area contributed by atoms with Gasteiger partial charge in [0.15, 0.2) is 11.0 Å². The number of rotatable bonds is 4. The number of aliphatic imine (C=N–C) groups is 1. The van der Waals surface area contributed by atoms with Crippen LogP contribution in [-0.4, -0.2) is 35.7 Å². The summed E-state index contributed by atoms with van der Waals surface area (Å²) in [6.07, 6.45) is 0. The predicted molar refractivity (Wildman–Crippen MR) is 90.1 cm³/mol. The van der Waals surface area contributed by atoms with Crippen LogP contribution in [0.2, 0.25) is 5.02 Å². The zero-order valence-corrected chi connectivity index (χ0v) is 13.7. The van der Waals surface area contributed by atoms with E-state index in [1.165, 1.54) is 18.7 Å². The molecule has 0 saturated heterocycles. The number of benzene rings is 1. The molecule has 0 aliphatic carbocycles. The SMILES string of the molecule is CC(=O)Nc1ccc(C(=O)CSC2=NCCN2)cc1Cl.Cl. The van der Waals surface area contributed by atoms with Crippen LogP contribution in [-0.2, 0) is 4.79 Å². The fourth-order valence-electron chi connectivity index (χ4n) is 1.67. The molecule has 0 radical (unpaired) electrons. The first-order chi connectivity index (χ1) is 9.56. The summed E-state index contributed by atoms with van der Waals surface area (Å²) in [6, 6.07) is 4.86. The summed E-state index contributed by atoms with van der Waals surface area (Å²) in [4.78, 5) is 27.2. The topological polar surface area (TPSA) is 70.6 Å². The van der Waals surface area contributed by atoms with Crippen LogP contribution in [0.25, 0.3) is 0 Å². The number of carbonyl (C=O) groups excluding carboxylic acids is 2. The highest BCUT2D eigenvalue weighted by Gasteiger charge is 2.12. The molecule has 1 aromatic carbocycles. The first-order valence-electron chi connectivity index (χ1n) is 6.08. The number of hydrogen-bond acceptors (Lipinski definition) is 5. The van der Waals surface area contributed by atoms with E-state index >= 15 is 0 Å². The summed E-state index contributed by atoms with van der Waals surface area (Å²) >= 11 is 7.42. The Kier molecular flexibility index (Phi) is 7.01. The maximum absolute atomic E-state index is 12.0. The lowest BCUT2D eigenvalue weighted by Crippen LogP contribution is -2.17. The summed E-state index contributed by atoms with van der Waals surface area (Å²) in [7, 11) is 0. The first-order valence-corrected chi connectivity index (χ1v) is 7.44. The van der Waals surface area contributed by atoms with Gasteiger partial charge < -0.3 is 10.6 Å². The molecule has 5 nitrogen and oxygen atoms in total. The van der Waals surface area contributed by atoms with E-state index in [2.05, 4.69) is 15.6 Å². The molecule has 1 aliphatic rings. The van der Waals surface area contributed by atoms with Crippen molar-refractivity contribution in [3.05, 3.63) is 28.8 Å². The van der Waals surface area contributed by atoms with Gasteiger partial charge in [-0.1, -0.05) is 23.4 Å². The van der Waals surface area contributed by atoms with Crippen molar-refractivity contribution in [3.8, 4) is 0 Å². The number of hydrogen-bond donors (Lipinski definition) is 2. The Hall–Kier alpha value is -1.24. The van der Waals surface area contributed by atoms with Gasteiger partial charge in [-0.05, 0) is 18.2 Å². The van der Waals surface area contributed by atoms with Gasteiger partial charge in [-0.3, -0.25) is 14.6 Å². The van der Waals surface area contributed by atoms with Crippen LogP contribution in [0.5, 0.6) is 0 Å². The van der Waals surface area contributed by atoms with Crippen LogP contribution in [0.1, 0.15) is 17.3 Å². The third kappa shape index (κ3) is 5.22. The Labute approximate surface area is 138 Å². The second-order valence-corrected chi connectivity index (χ2v) is 5.57. The molecule has 0 unspecified atom stereocenters. The standard InChI is InChI=1S/C13H14ClN3O2S.ClH/c1-8(18)17-11-3-2-9(6-10(11)14)12(19)7-20-13-15-4-5-16-13;/h2-3,6H,4-5,7H2,1H3,(H,15,16)(H,17,18);1H. The summed E-state index contributed by atoms with van der Waals surface area (Å²) in [5, 5.41) is 6.85. The number of carbonyl (C=O) groups is 2. The van der Waals surface area contributed by atoms with E-state index in [-0.39, 0.29) is 24.1 Å². The van der Waals surface area contributed by atoms with Crippen LogP contribution < -0.4 is 10.6 Å². The second-order valence-electron chi connectivity index (χ2n) is 4.20. The second kappa shape index (κ2) is 8.26. The molecule has 0 spiro atoms. The molecule has 0 aromatic heterocycles. The molecule has 1 heterocycles. The smallest absolute Gasteiger partial charge is 0.221 e. The van der Waals surface area contributed by atoms with Gasteiger partial charge in [0.05, 0.1) is 23.0 Å². The summed E-state index contributed by atoms with van der Waals surface area (Å²) in [5.41, 5.74) is 1.03. The fourth-order valence-corrected chi connectivity index (χ4v) is 2.72. The highest BCUT2D eigenvalue weighted by molar-refractivity contribution is 8.14. The first kappa shape index (κ1) is 17.8. The molecule has 8 heteroatoms. The van der Waals surface area contributed by atoms with Gasteiger partial charge in [0, 0.05) is 19.0 Å². The fraction of sp³-hybridized carbons (Fsp3) is 0.308. The number of Topliss-reactive ketones (excluding diaryl/α,β-unsaturated/α-hetero) is 1.